The van der Waals surface area contributed by atoms with Gasteiger partial charge in [-0.3, -0.25) is 4.79 Å². The van der Waals surface area contributed by atoms with Crippen LogP contribution in [0.4, 0.5) is 8.78 Å². The minimum atomic E-state index is -2.63. The lowest BCUT2D eigenvalue weighted by atomic mass is 9.86. The molecule has 0 amide bonds. The first-order chi connectivity index (χ1) is 8.43. The predicted molar refractivity (Wildman–Crippen MR) is 65.1 cm³/mol. The van der Waals surface area contributed by atoms with Crippen LogP contribution in [-0.2, 0) is 6.42 Å². The van der Waals surface area contributed by atoms with Gasteiger partial charge in [0.2, 0.25) is 5.92 Å². The molecule has 1 atom stereocenters. The van der Waals surface area contributed by atoms with E-state index in [1.54, 1.807) is 6.92 Å². The fraction of sp³-hybridized carbons (Fsp3) is 0.692. The molecule has 1 aromatic heterocycles. The molecule has 1 saturated carbocycles. The largest absolute Gasteiger partial charge is 0.310 e. The fourth-order valence-electron chi connectivity index (χ4n) is 2.54. The molecule has 1 aliphatic rings. The monoisotopic (exact) mass is 256 g/mol. The van der Waals surface area contributed by atoms with Crippen LogP contribution in [0.2, 0.25) is 0 Å². The number of aromatic amines is 1. The van der Waals surface area contributed by atoms with E-state index >= 15 is 0 Å². The Bertz CT molecular complexity index is 496. The number of alkyl halides is 2. The molecule has 1 aromatic rings. The van der Waals surface area contributed by atoms with Gasteiger partial charge in [0.1, 0.15) is 5.82 Å². The summed E-state index contributed by atoms with van der Waals surface area (Å²) in [5, 5.41) is 0. The van der Waals surface area contributed by atoms with Crippen LogP contribution in [0.25, 0.3) is 0 Å². The SMILES string of the molecule is CCc1nc(C2CCCC(F)(F)C2)[nH]c(=O)c1C. The molecular weight excluding hydrogens is 238 g/mol. The third-order valence-corrected chi connectivity index (χ3v) is 3.63. The van der Waals surface area contributed by atoms with Crippen LogP contribution in [0.1, 0.15) is 55.6 Å². The summed E-state index contributed by atoms with van der Waals surface area (Å²) < 4.78 is 26.8. The van der Waals surface area contributed by atoms with Crippen molar-refractivity contribution in [2.24, 2.45) is 0 Å². The second-order valence-electron chi connectivity index (χ2n) is 5.03. The van der Waals surface area contributed by atoms with Crippen molar-refractivity contribution in [3.05, 3.63) is 27.4 Å². The lowest BCUT2D eigenvalue weighted by Crippen LogP contribution is -2.28. The van der Waals surface area contributed by atoms with Crippen LogP contribution in [0, 0.1) is 6.92 Å². The number of hydrogen-bond donors (Lipinski definition) is 1. The zero-order valence-electron chi connectivity index (χ0n) is 10.7. The molecule has 1 N–H and O–H groups in total. The Balaban J connectivity index is 2.34. The van der Waals surface area contributed by atoms with Gasteiger partial charge in [0.25, 0.3) is 5.56 Å². The molecule has 18 heavy (non-hydrogen) atoms. The highest BCUT2D eigenvalue weighted by molar-refractivity contribution is 5.17. The number of hydrogen-bond acceptors (Lipinski definition) is 2. The molecule has 5 heteroatoms. The van der Waals surface area contributed by atoms with Crippen LogP contribution in [0.5, 0.6) is 0 Å². The highest BCUT2D eigenvalue weighted by atomic mass is 19.3. The van der Waals surface area contributed by atoms with Crippen molar-refractivity contribution in [2.45, 2.75) is 57.8 Å². The number of aryl methyl sites for hydroxylation is 1. The van der Waals surface area contributed by atoms with Crippen LogP contribution in [0.15, 0.2) is 4.79 Å². The summed E-state index contributed by atoms with van der Waals surface area (Å²) >= 11 is 0. The first kappa shape index (κ1) is 13.2. The maximum absolute atomic E-state index is 13.4. The van der Waals surface area contributed by atoms with E-state index in [1.807, 2.05) is 6.92 Å². The van der Waals surface area contributed by atoms with Crippen LogP contribution in [0.3, 0.4) is 0 Å². The molecule has 3 nitrogen and oxygen atoms in total. The standard InChI is InChI=1S/C13H18F2N2O/c1-3-10-8(2)12(18)17-11(16-10)9-5-4-6-13(14,15)7-9/h9H,3-7H2,1-2H3,(H,16,17,18). The summed E-state index contributed by atoms with van der Waals surface area (Å²) in [5.74, 6) is -2.52. The summed E-state index contributed by atoms with van der Waals surface area (Å²) in [4.78, 5) is 18.8. The van der Waals surface area contributed by atoms with Gasteiger partial charge < -0.3 is 4.98 Å². The van der Waals surface area contributed by atoms with Gasteiger partial charge in [-0.25, -0.2) is 13.8 Å². The van der Waals surface area contributed by atoms with Gasteiger partial charge in [0.15, 0.2) is 0 Å². The van der Waals surface area contributed by atoms with E-state index in [9.17, 15) is 13.6 Å². The lowest BCUT2D eigenvalue weighted by molar-refractivity contribution is -0.0417. The smallest absolute Gasteiger partial charge is 0.254 e. The van der Waals surface area contributed by atoms with E-state index in [0.29, 0.717) is 36.3 Å². The van der Waals surface area contributed by atoms with Gasteiger partial charge in [-0.2, -0.15) is 0 Å². The average molecular weight is 256 g/mol. The quantitative estimate of drug-likeness (QED) is 0.884. The van der Waals surface area contributed by atoms with E-state index in [-0.39, 0.29) is 24.3 Å². The highest BCUT2D eigenvalue weighted by Gasteiger charge is 2.37. The van der Waals surface area contributed by atoms with Crippen molar-refractivity contribution in [3.8, 4) is 0 Å². The zero-order valence-corrected chi connectivity index (χ0v) is 10.7. The second kappa shape index (κ2) is 4.78. The van der Waals surface area contributed by atoms with Crippen molar-refractivity contribution in [2.75, 3.05) is 0 Å². The molecule has 0 saturated heterocycles. The van der Waals surface area contributed by atoms with Gasteiger partial charge in [-0.1, -0.05) is 6.92 Å². The molecule has 1 heterocycles. The van der Waals surface area contributed by atoms with Crippen molar-refractivity contribution >= 4 is 0 Å². The maximum Gasteiger partial charge on any atom is 0.254 e. The minimum Gasteiger partial charge on any atom is -0.310 e. The second-order valence-corrected chi connectivity index (χ2v) is 5.03. The van der Waals surface area contributed by atoms with Crippen molar-refractivity contribution in [1.82, 2.24) is 9.97 Å². The Kier molecular flexibility index (Phi) is 3.50. The molecule has 0 spiro atoms. The summed E-state index contributed by atoms with van der Waals surface area (Å²) in [5.41, 5.74) is 1.09. The molecule has 0 bridgehead atoms. The lowest BCUT2D eigenvalue weighted by Gasteiger charge is -2.28. The number of halogens is 2. The zero-order chi connectivity index (χ0) is 13.3. The summed E-state index contributed by atoms with van der Waals surface area (Å²) in [6.45, 7) is 3.62. The first-order valence-corrected chi connectivity index (χ1v) is 6.40. The van der Waals surface area contributed by atoms with Crippen molar-refractivity contribution in [1.29, 1.82) is 0 Å². The minimum absolute atomic E-state index is 0.0553. The Labute approximate surface area is 105 Å². The van der Waals surface area contributed by atoms with E-state index in [0.717, 1.165) is 0 Å². The molecular formula is C13H18F2N2O. The summed E-state index contributed by atoms with van der Waals surface area (Å²) in [7, 11) is 0. The Morgan fingerprint density at radius 3 is 2.83 bits per heavy atom. The Hall–Kier alpha value is -1.26. The highest BCUT2D eigenvalue weighted by Crippen LogP contribution is 2.40. The van der Waals surface area contributed by atoms with Crippen molar-refractivity contribution < 1.29 is 8.78 Å². The summed E-state index contributed by atoms with van der Waals surface area (Å²) in [6, 6.07) is 0. The predicted octanol–water partition coefficient (Wildman–Crippen LogP) is 2.93. The third kappa shape index (κ3) is 2.60. The number of nitrogens with zero attached hydrogens (tertiary/aromatic N) is 1. The normalized spacial score (nSPS) is 23.0. The molecule has 2 rings (SSSR count). The van der Waals surface area contributed by atoms with Gasteiger partial charge >= 0.3 is 0 Å². The van der Waals surface area contributed by atoms with Gasteiger partial charge in [0.05, 0.1) is 5.69 Å². The number of nitrogens with one attached hydrogen (secondary N) is 1. The van der Waals surface area contributed by atoms with Crippen molar-refractivity contribution in [3.63, 3.8) is 0 Å². The van der Waals surface area contributed by atoms with E-state index in [1.165, 1.54) is 0 Å². The average Bonchev–Trinajstić information content (AvgIpc) is 2.31. The molecule has 1 aliphatic carbocycles. The fourth-order valence-corrected chi connectivity index (χ4v) is 2.54. The maximum atomic E-state index is 13.4. The number of rotatable bonds is 2. The van der Waals surface area contributed by atoms with E-state index in [4.69, 9.17) is 0 Å². The molecule has 0 aliphatic heterocycles. The summed E-state index contributed by atoms with van der Waals surface area (Å²) in [6.07, 6.45) is 1.54. The molecule has 1 unspecified atom stereocenters. The number of aromatic nitrogens is 2. The molecule has 100 valence electrons. The number of H-pyrrole nitrogens is 1. The third-order valence-electron chi connectivity index (χ3n) is 3.63. The van der Waals surface area contributed by atoms with E-state index < -0.39 is 5.92 Å². The van der Waals surface area contributed by atoms with Crippen LogP contribution in [-0.4, -0.2) is 15.9 Å². The van der Waals surface area contributed by atoms with Gasteiger partial charge in [-0.05, 0) is 26.2 Å². The van der Waals surface area contributed by atoms with Gasteiger partial charge in [0, 0.05) is 24.3 Å². The Morgan fingerprint density at radius 1 is 1.50 bits per heavy atom. The molecule has 0 radical (unpaired) electrons. The van der Waals surface area contributed by atoms with Gasteiger partial charge in [-0.15, -0.1) is 0 Å². The Morgan fingerprint density at radius 2 is 2.22 bits per heavy atom. The first-order valence-electron chi connectivity index (χ1n) is 6.40. The van der Waals surface area contributed by atoms with Crippen LogP contribution >= 0.6 is 0 Å². The molecule has 1 fully saturated rings. The topological polar surface area (TPSA) is 45.8 Å². The molecule has 0 aromatic carbocycles. The van der Waals surface area contributed by atoms with E-state index in [2.05, 4.69) is 9.97 Å². The van der Waals surface area contributed by atoms with Crippen LogP contribution < -0.4 is 5.56 Å².